The third kappa shape index (κ3) is 6.78. The van der Waals surface area contributed by atoms with Crippen molar-refractivity contribution >= 4 is 17.7 Å². The van der Waals surface area contributed by atoms with E-state index in [0.29, 0.717) is 17.9 Å². The van der Waals surface area contributed by atoms with Gasteiger partial charge in [0.1, 0.15) is 6.04 Å². The summed E-state index contributed by atoms with van der Waals surface area (Å²) in [5.74, 6) is -0.370. The molecule has 5 heteroatoms. The molecule has 1 aliphatic rings. The topological polar surface area (TPSA) is 72.5 Å². The first-order valence-corrected chi connectivity index (χ1v) is 11.6. The van der Waals surface area contributed by atoms with E-state index < -0.39 is 12.0 Å². The fourth-order valence-electron chi connectivity index (χ4n) is 4.10. The quantitative estimate of drug-likeness (QED) is 0.464. The number of Topliss-reactive ketones (excluding diaryl/α,β-unsaturated/α-hetero) is 1. The van der Waals surface area contributed by atoms with Crippen molar-refractivity contribution in [3.05, 3.63) is 71.3 Å². The molecule has 0 aliphatic heterocycles. The Balaban J connectivity index is 1.62. The second-order valence-electron chi connectivity index (χ2n) is 8.79. The number of carbonyl (C=O) groups is 3. The predicted molar refractivity (Wildman–Crippen MR) is 124 cm³/mol. The zero-order valence-corrected chi connectivity index (χ0v) is 19.0. The maximum atomic E-state index is 12.9. The van der Waals surface area contributed by atoms with Gasteiger partial charge in [-0.05, 0) is 49.1 Å². The molecule has 0 aromatic heterocycles. The Kier molecular flexibility index (Phi) is 8.60. The lowest BCUT2D eigenvalue weighted by molar-refractivity contribution is -0.147. The largest absolute Gasteiger partial charge is 0.456 e. The van der Waals surface area contributed by atoms with E-state index in [4.69, 9.17) is 4.74 Å². The number of hydrogen-bond donors (Lipinski definition) is 1. The van der Waals surface area contributed by atoms with E-state index in [0.717, 1.165) is 43.2 Å². The van der Waals surface area contributed by atoms with E-state index in [1.807, 2.05) is 49.4 Å². The van der Waals surface area contributed by atoms with Crippen molar-refractivity contribution < 1.29 is 19.1 Å². The highest BCUT2D eigenvalue weighted by Crippen LogP contribution is 2.28. The Morgan fingerprint density at radius 2 is 1.59 bits per heavy atom. The van der Waals surface area contributed by atoms with Crippen LogP contribution in [0.25, 0.3) is 0 Å². The summed E-state index contributed by atoms with van der Waals surface area (Å²) in [5, 5.41) is 2.90. The number of hydrogen-bond acceptors (Lipinski definition) is 4. The van der Waals surface area contributed by atoms with Crippen molar-refractivity contribution in [1.29, 1.82) is 0 Å². The van der Waals surface area contributed by atoms with E-state index >= 15 is 0 Å². The lowest BCUT2D eigenvalue weighted by atomic mass is 9.82. The highest BCUT2D eigenvalue weighted by molar-refractivity contribution is 5.98. The van der Waals surface area contributed by atoms with E-state index in [1.54, 1.807) is 12.1 Å². The van der Waals surface area contributed by atoms with Gasteiger partial charge in [-0.3, -0.25) is 9.59 Å². The Bertz CT molecular complexity index is 899. The summed E-state index contributed by atoms with van der Waals surface area (Å²) in [4.78, 5) is 38.2. The van der Waals surface area contributed by atoms with Gasteiger partial charge in [-0.2, -0.15) is 0 Å². The molecule has 3 rings (SSSR count). The summed E-state index contributed by atoms with van der Waals surface area (Å²) in [6.07, 6.45) is 4.95. The van der Waals surface area contributed by atoms with Gasteiger partial charge in [0.05, 0.1) is 0 Å². The number of carbonyl (C=O) groups excluding carboxylic acids is 3. The first kappa shape index (κ1) is 23.7. The summed E-state index contributed by atoms with van der Waals surface area (Å²) in [6, 6.07) is 16.0. The Hall–Kier alpha value is -2.95. The first-order valence-electron chi connectivity index (χ1n) is 11.6. The van der Waals surface area contributed by atoms with Crippen LogP contribution in [0.2, 0.25) is 0 Å². The van der Waals surface area contributed by atoms with Gasteiger partial charge in [0, 0.05) is 17.9 Å². The molecule has 2 aromatic rings. The van der Waals surface area contributed by atoms with Crippen molar-refractivity contribution in [3.8, 4) is 0 Å². The van der Waals surface area contributed by atoms with E-state index in [-0.39, 0.29) is 24.2 Å². The third-order valence-corrected chi connectivity index (χ3v) is 6.30. The second kappa shape index (κ2) is 11.6. The van der Waals surface area contributed by atoms with Gasteiger partial charge in [-0.15, -0.1) is 0 Å². The van der Waals surface area contributed by atoms with Crippen LogP contribution < -0.4 is 5.32 Å². The molecule has 32 heavy (non-hydrogen) atoms. The average molecular weight is 436 g/mol. The number of aryl methyl sites for hydroxylation is 1. The first-order chi connectivity index (χ1) is 15.5. The van der Waals surface area contributed by atoms with Crippen molar-refractivity contribution in [2.45, 2.75) is 58.4 Å². The van der Waals surface area contributed by atoms with Crippen LogP contribution >= 0.6 is 0 Å². The number of benzene rings is 2. The highest BCUT2D eigenvalue weighted by atomic mass is 16.5. The number of ketones is 1. The van der Waals surface area contributed by atoms with Crippen LogP contribution in [-0.4, -0.2) is 30.3 Å². The molecule has 0 bridgehead atoms. The van der Waals surface area contributed by atoms with E-state index in [2.05, 4.69) is 12.2 Å². The fourth-order valence-corrected chi connectivity index (χ4v) is 4.10. The molecule has 170 valence electrons. The minimum absolute atomic E-state index is 0.0732. The molecule has 0 unspecified atom stereocenters. The number of amides is 1. The molecule has 1 amide bonds. The normalized spacial score (nSPS) is 19.1. The molecule has 0 radical (unpaired) electrons. The van der Waals surface area contributed by atoms with Gasteiger partial charge in [0.15, 0.2) is 12.4 Å². The minimum Gasteiger partial charge on any atom is -0.456 e. The van der Waals surface area contributed by atoms with Crippen molar-refractivity contribution in [3.63, 3.8) is 0 Å². The summed E-state index contributed by atoms with van der Waals surface area (Å²) in [5.41, 5.74) is 2.57. The van der Waals surface area contributed by atoms with Crippen LogP contribution in [-0.2, 0) is 27.2 Å². The molecule has 5 nitrogen and oxygen atoms in total. The van der Waals surface area contributed by atoms with Gasteiger partial charge >= 0.3 is 5.97 Å². The molecular formula is C27H33NO4. The Morgan fingerprint density at radius 1 is 0.938 bits per heavy atom. The van der Waals surface area contributed by atoms with E-state index in [9.17, 15) is 14.4 Å². The molecule has 1 N–H and O–H groups in total. The lowest BCUT2D eigenvalue weighted by Gasteiger charge is -2.27. The number of ether oxygens (including phenoxy) is 1. The van der Waals surface area contributed by atoms with Crippen LogP contribution in [0.4, 0.5) is 0 Å². The molecule has 0 spiro atoms. The van der Waals surface area contributed by atoms with Gasteiger partial charge in [-0.1, -0.05) is 68.4 Å². The highest BCUT2D eigenvalue weighted by Gasteiger charge is 2.29. The number of esters is 1. The summed E-state index contributed by atoms with van der Waals surface area (Å²) in [7, 11) is 0. The van der Waals surface area contributed by atoms with Crippen LogP contribution in [0.5, 0.6) is 0 Å². The molecule has 1 aliphatic carbocycles. The predicted octanol–water partition coefficient (Wildman–Crippen LogP) is 4.53. The molecule has 1 saturated carbocycles. The van der Waals surface area contributed by atoms with Crippen LogP contribution in [0.15, 0.2) is 54.6 Å². The lowest BCUT2D eigenvalue weighted by Crippen LogP contribution is -2.46. The summed E-state index contributed by atoms with van der Waals surface area (Å²) < 4.78 is 5.35. The van der Waals surface area contributed by atoms with Gasteiger partial charge in [-0.25, -0.2) is 4.79 Å². The smallest absolute Gasteiger partial charge is 0.329 e. The molecular weight excluding hydrogens is 402 g/mol. The third-order valence-electron chi connectivity index (χ3n) is 6.30. The Morgan fingerprint density at radius 3 is 2.22 bits per heavy atom. The SMILES string of the molecule is CCc1ccc(C(=O)COC(=O)[C@@H](Cc2ccccc2)NC(=O)C2CCC(C)CC2)cc1. The summed E-state index contributed by atoms with van der Waals surface area (Å²) in [6.45, 7) is 3.91. The van der Waals surface area contributed by atoms with Crippen molar-refractivity contribution in [2.24, 2.45) is 11.8 Å². The zero-order valence-electron chi connectivity index (χ0n) is 19.0. The zero-order chi connectivity index (χ0) is 22.9. The maximum absolute atomic E-state index is 12.9. The summed E-state index contributed by atoms with van der Waals surface area (Å²) >= 11 is 0. The van der Waals surface area contributed by atoms with Gasteiger partial charge in [0.25, 0.3) is 0 Å². The standard InChI is InChI=1S/C27H33NO4/c1-3-20-11-15-22(16-12-20)25(29)18-32-27(31)24(17-21-7-5-4-6-8-21)28-26(30)23-13-9-19(2)10-14-23/h4-8,11-12,15-16,19,23-24H,3,9-10,13-14,17-18H2,1-2H3,(H,28,30)/t19?,23?,24-/m1/s1. The van der Waals surface area contributed by atoms with Gasteiger partial charge in [0.2, 0.25) is 5.91 Å². The van der Waals surface area contributed by atoms with Crippen molar-refractivity contribution in [1.82, 2.24) is 5.32 Å². The van der Waals surface area contributed by atoms with Crippen LogP contribution in [0.3, 0.4) is 0 Å². The van der Waals surface area contributed by atoms with Gasteiger partial charge < -0.3 is 10.1 Å². The Labute approximate surface area is 190 Å². The minimum atomic E-state index is -0.820. The maximum Gasteiger partial charge on any atom is 0.329 e. The number of nitrogens with one attached hydrogen (secondary N) is 1. The monoisotopic (exact) mass is 435 g/mol. The van der Waals surface area contributed by atoms with Crippen LogP contribution in [0, 0.1) is 11.8 Å². The fraction of sp³-hybridized carbons (Fsp3) is 0.444. The molecule has 0 saturated heterocycles. The van der Waals surface area contributed by atoms with Crippen molar-refractivity contribution in [2.75, 3.05) is 6.61 Å². The second-order valence-corrected chi connectivity index (χ2v) is 8.79. The molecule has 1 fully saturated rings. The number of rotatable bonds is 9. The average Bonchev–Trinajstić information content (AvgIpc) is 2.83. The molecule has 1 atom stereocenters. The van der Waals surface area contributed by atoms with Crippen LogP contribution in [0.1, 0.15) is 61.0 Å². The molecule has 0 heterocycles. The molecule has 2 aromatic carbocycles. The van der Waals surface area contributed by atoms with E-state index in [1.165, 1.54) is 0 Å².